The summed E-state index contributed by atoms with van der Waals surface area (Å²) in [6, 6.07) is 5.39. The number of thiophene rings is 1. The fraction of sp³-hybridized carbons (Fsp3) is 0.421. The first-order valence-electron chi connectivity index (χ1n) is 8.88. The van der Waals surface area contributed by atoms with Crippen LogP contribution in [0.3, 0.4) is 0 Å². The summed E-state index contributed by atoms with van der Waals surface area (Å²) in [5, 5.41) is 9.52. The Bertz CT molecular complexity index is 749. The van der Waals surface area contributed by atoms with E-state index in [1.807, 2.05) is 11.4 Å². The number of amides is 2. The lowest BCUT2D eigenvalue weighted by Gasteiger charge is -2.20. The van der Waals surface area contributed by atoms with Gasteiger partial charge in [-0.3, -0.25) is 9.59 Å². The number of rotatable bonds is 8. The molecule has 0 aliphatic carbocycles. The molecule has 0 radical (unpaired) electrons. The van der Waals surface area contributed by atoms with E-state index in [2.05, 4.69) is 15.6 Å². The van der Waals surface area contributed by atoms with Gasteiger partial charge in [-0.2, -0.15) is 11.3 Å². The Morgan fingerprint density at radius 3 is 2.96 bits per heavy atom. The van der Waals surface area contributed by atoms with E-state index in [0.29, 0.717) is 37.4 Å². The zero-order chi connectivity index (χ0) is 19.1. The molecule has 2 amide bonds. The van der Waals surface area contributed by atoms with E-state index in [-0.39, 0.29) is 24.0 Å². The van der Waals surface area contributed by atoms with Crippen molar-refractivity contribution in [3.05, 3.63) is 46.3 Å². The summed E-state index contributed by atoms with van der Waals surface area (Å²) in [6.45, 7) is 1.06. The van der Waals surface area contributed by atoms with Crippen LogP contribution >= 0.6 is 11.3 Å². The van der Waals surface area contributed by atoms with Gasteiger partial charge in [-0.25, -0.2) is 4.98 Å². The predicted molar refractivity (Wildman–Crippen MR) is 102 cm³/mol. The van der Waals surface area contributed by atoms with Crippen molar-refractivity contribution in [1.82, 2.24) is 15.6 Å². The topological polar surface area (TPSA) is 89.5 Å². The minimum absolute atomic E-state index is 0.0400. The number of carbonyl (C=O) groups is 2. The van der Waals surface area contributed by atoms with Crippen molar-refractivity contribution in [3.8, 4) is 5.88 Å². The van der Waals surface area contributed by atoms with Gasteiger partial charge in [0.05, 0.1) is 13.2 Å². The molecule has 2 aromatic rings. The van der Waals surface area contributed by atoms with E-state index >= 15 is 0 Å². The van der Waals surface area contributed by atoms with Gasteiger partial charge in [0.1, 0.15) is 6.10 Å². The van der Waals surface area contributed by atoms with Crippen molar-refractivity contribution in [2.24, 2.45) is 0 Å². The second-order valence-electron chi connectivity index (χ2n) is 6.26. The Morgan fingerprint density at radius 1 is 1.37 bits per heavy atom. The van der Waals surface area contributed by atoms with E-state index < -0.39 is 0 Å². The summed E-state index contributed by atoms with van der Waals surface area (Å²) < 4.78 is 10.8. The Hall–Kier alpha value is -2.45. The van der Waals surface area contributed by atoms with E-state index in [1.165, 1.54) is 11.3 Å². The highest BCUT2D eigenvalue weighted by Crippen LogP contribution is 2.29. The van der Waals surface area contributed by atoms with Gasteiger partial charge < -0.3 is 20.1 Å². The van der Waals surface area contributed by atoms with Gasteiger partial charge in [-0.15, -0.1) is 0 Å². The number of ether oxygens (including phenoxy) is 2. The summed E-state index contributed by atoms with van der Waals surface area (Å²) in [7, 11) is 1.57. The number of hydrogen-bond acceptors (Lipinski definition) is 6. The molecule has 1 fully saturated rings. The van der Waals surface area contributed by atoms with Gasteiger partial charge in [0.15, 0.2) is 0 Å². The molecule has 144 valence electrons. The van der Waals surface area contributed by atoms with Gasteiger partial charge >= 0.3 is 0 Å². The standard InChI is InChI=1S/C19H23N3O4S/c1-25-17-5-4-13(11-21-17)18-15(6-9-26-18)22-16(23)3-2-8-20-19(24)14-7-10-27-12-14/h4-5,7,10-12,15,18H,2-3,6,8-9H2,1H3,(H,20,24)(H,22,23)/t15-,18+/m0/s1. The second-order valence-corrected chi connectivity index (χ2v) is 7.04. The van der Waals surface area contributed by atoms with Crippen LogP contribution in [0.5, 0.6) is 5.88 Å². The third-order valence-corrected chi connectivity index (χ3v) is 5.07. The van der Waals surface area contributed by atoms with E-state index in [9.17, 15) is 9.59 Å². The van der Waals surface area contributed by atoms with Crippen molar-refractivity contribution >= 4 is 23.2 Å². The normalized spacial score (nSPS) is 18.9. The molecule has 1 aliphatic rings. The fourth-order valence-corrected chi connectivity index (χ4v) is 3.61. The van der Waals surface area contributed by atoms with Crippen LogP contribution in [0, 0.1) is 0 Å². The molecule has 2 aromatic heterocycles. The first-order valence-corrected chi connectivity index (χ1v) is 9.83. The summed E-state index contributed by atoms with van der Waals surface area (Å²) in [6.07, 6.45) is 3.22. The zero-order valence-corrected chi connectivity index (χ0v) is 16.0. The largest absolute Gasteiger partial charge is 0.481 e. The Labute approximate surface area is 162 Å². The minimum atomic E-state index is -0.203. The van der Waals surface area contributed by atoms with Crippen molar-refractivity contribution in [2.75, 3.05) is 20.3 Å². The van der Waals surface area contributed by atoms with Gasteiger partial charge in [-0.05, 0) is 30.4 Å². The molecule has 27 heavy (non-hydrogen) atoms. The number of nitrogens with zero attached hydrogens (tertiary/aromatic N) is 1. The van der Waals surface area contributed by atoms with Crippen LogP contribution < -0.4 is 15.4 Å². The Morgan fingerprint density at radius 2 is 2.26 bits per heavy atom. The van der Waals surface area contributed by atoms with Crippen molar-refractivity contribution < 1.29 is 19.1 Å². The molecule has 1 saturated heterocycles. The summed E-state index contributed by atoms with van der Waals surface area (Å²) in [5.74, 6) is 0.400. The zero-order valence-electron chi connectivity index (χ0n) is 15.1. The number of pyridine rings is 1. The van der Waals surface area contributed by atoms with Gasteiger partial charge in [-0.1, -0.05) is 0 Å². The smallest absolute Gasteiger partial charge is 0.252 e. The summed E-state index contributed by atoms with van der Waals surface area (Å²) >= 11 is 1.48. The average Bonchev–Trinajstić information content (AvgIpc) is 3.37. The Kier molecular flexibility index (Phi) is 6.78. The summed E-state index contributed by atoms with van der Waals surface area (Å²) in [4.78, 5) is 28.3. The molecular weight excluding hydrogens is 366 g/mol. The van der Waals surface area contributed by atoms with Crippen molar-refractivity contribution in [3.63, 3.8) is 0 Å². The lowest BCUT2D eigenvalue weighted by molar-refractivity contribution is -0.122. The molecular formula is C19H23N3O4S. The molecule has 8 heteroatoms. The quantitative estimate of drug-likeness (QED) is 0.676. The van der Waals surface area contributed by atoms with Crippen LogP contribution in [0.1, 0.15) is 41.3 Å². The lowest BCUT2D eigenvalue weighted by atomic mass is 10.0. The second kappa shape index (κ2) is 9.48. The first-order chi connectivity index (χ1) is 13.2. The Balaban J connectivity index is 1.42. The molecule has 3 rings (SSSR count). The maximum atomic E-state index is 12.2. The first kappa shape index (κ1) is 19.3. The molecule has 0 saturated carbocycles. The van der Waals surface area contributed by atoms with Crippen molar-refractivity contribution in [2.45, 2.75) is 31.4 Å². The van der Waals surface area contributed by atoms with Crippen LogP contribution in [0.2, 0.25) is 0 Å². The van der Waals surface area contributed by atoms with Gasteiger partial charge in [0, 0.05) is 48.3 Å². The number of aromatic nitrogens is 1. The SMILES string of the molecule is COc1ccc([C@H]2OCC[C@@H]2NC(=O)CCCNC(=O)c2ccsc2)cn1. The number of hydrogen-bond donors (Lipinski definition) is 2. The predicted octanol–water partition coefficient (Wildman–Crippen LogP) is 2.31. The molecule has 3 heterocycles. The lowest BCUT2D eigenvalue weighted by Crippen LogP contribution is -2.37. The van der Waals surface area contributed by atoms with Crippen LogP contribution in [0.25, 0.3) is 0 Å². The summed E-state index contributed by atoms with van der Waals surface area (Å²) in [5.41, 5.74) is 1.57. The van der Waals surface area contributed by atoms with Crippen molar-refractivity contribution in [1.29, 1.82) is 0 Å². The average molecular weight is 389 g/mol. The van der Waals surface area contributed by atoms with Crippen LogP contribution in [0.4, 0.5) is 0 Å². The monoisotopic (exact) mass is 389 g/mol. The highest BCUT2D eigenvalue weighted by Gasteiger charge is 2.31. The molecule has 0 aromatic carbocycles. The third-order valence-electron chi connectivity index (χ3n) is 4.38. The van der Waals surface area contributed by atoms with E-state index in [1.54, 1.807) is 30.8 Å². The van der Waals surface area contributed by atoms with Gasteiger partial charge in [0.2, 0.25) is 11.8 Å². The fourth-order valence-electron chi connectivity index (χ4n) is 2.97. The molecule has 1 aliphatic heterocycles. The molecule has 2 N–H and O–H groups in total. The third kappa shape index (κ3) is 5.27. The highest BCUT2D eigenvalue weighted by molar-refractivity contribution is 7.08. The number of methoxy groups -OCH3 is 1. The van der Waals surface area contributed by atoms with E-state index in [4.69, 9.17) is 9.47 Å². The molecule has 0 bridgehead atoms. The number of carbonyl (C=O) groups excluding carboxylic acids is 2. The van der Waals surface area contributed by atoms with Crippen LogP contribution in [-0.4, -0.2) is 43.1 Å². The maximum absolute atomic E-state index is 12.2. The molecule has 0 unspecified atom stereocenters. The van der Waals surface area contributed by atoms with Gasteiger partial charge in [0.25, 0.3) is 5.91 Å². The highest BCUT2D eigenvalue weighted by atomic mass is 32.1. The van der Waals surface area contributed by atoms with E-state index in [0.717, 1.165) is 12.0 Å². The molecule has 2 atom stereocenters. The van der Waals surface area contributed by atoms with Crippen LogP contribution in [-0.2, 0) is 9.53 Å². The molecule has 7 nitrogen and oxygen atoms in total. The maximum Gasteiger partial charge on any atom is 0.252 e. The molecule has 0 spiro atoms. The van der Waals surface area contributed by atoms with Crippen LogP contribution in [0.15, 0.2) is 35.2 Å². The number of nitrogens with one attached hydrogen (secondary N) is 2. The minimum Gasteiger partial charge on any atom is -0.481 e.